The van der Waals surface area contributed by atoms with Crippen molar-refractivity contribution in [3.8, 4) is 21.1 Å². The third kappa shape index (κ3) is 4.90. The van der Waals surface area contributed by atoms with Crippen molar-refractivity contribution >= 4 is 34.7 Å². The lowest BCUT2D eigenvalue weighted by atomic mass is 10.2. The topological polar surface area (TPSA) is 67.8 Å². The van der Waals surface area contributed by atoms with Gasteiger partial charge in [0.2, 0.25) is 5.91 Å². The highest BCUT2D eigenvalue weighted by Gasteiger charge is 2.13. The molecular formula is C22H17FN4OS2. The van der Waals surface area contributed by atoms with Gasteiger partial charge in [-0.05, 0) is 37.3 Å². The first-order chi connectivity index (χ1) is 14.6. The van der Waals surface area contributed by atoms with E-state index in [1.807, 2.05) is 49.4 Å². The van der Waals surface area contributed by atoms with Crippen molar-refractivity contribution in [2.75, 3.05) is 11.1 Å². The minimum atomic E-state index is -0.393. The van der Waals surface area contributed by atoms with E-state index < -0.39 is 5.82 Å². The number of hydrogen-bond donors (Lipinski definition) is 1. The van der Waals surface area contributed by atoms with E-state index in [9.17, 15) is 9.18 Å². The first kappa shape index (κ1) is 20.2. The summed E-state index contributed by atoms with van der Waals surface area (Å²) in [5.74, 6) is -0.472. The van der Waals surface area contributed by atoms with E-state index in [4.69, 9.17) is 0 Å². The molecule has 0 saturated heterocycles. The Morgan fingerprint density at radius 1 is 1.07 bits per heavy atom. The molecule has 2 aromatic heterocycles. The lowest BCUT2D eigenvalue weighted by Gasteiger charge is -2.05. The van der Waals surface area contributed by atoms with Gasteiger partial charge in [0.25, 0.3) is 0 Å². The highest BCUT2D eigenvalue weighted by atomic mass is 32.2. The number of thiazole rings is 1. The molecule has 2 heterocycles. The molecule has 0 atom stereocenters. The standard InChI is InChI=1S/C22H17FN4OS2/c1-14-21(30-22(24-14)15-6-3-2-4-7-15)18-10-11-20(27-26-18)29-13-19(28)25-17-9-5-8-16(23)12-17/h2-12H,13H2,1H3,(H,25,28). The zero-order valence-electron chi connectivity index (χ0n) is 16.0. The second kappa shape index (κ2) is 9.15. The summed E-state index contributed by atoms with van der Waals surface area (Å²) in [7, 11) is 0. The van der Waals surface area contributed by atoms with Crippen molar-refractivity contribution in [3.05, 3.63) is 78.2 Å². The van der Waals surface area contributed by atoms with Gasteiger partial charge < -0.3 is 5.32 Å². The second-order valence-corrected chi connectivity index (χ2v) is 8.40. The van der Waals surface area contributed by atoms with Gasteiger partial charge in [0.05, 0.1) is 16.3 Å². The van der Waals surface area contributed by atoms with Crippen molar-refractivity contribution in [2.24, 2.45) is 0 Å². The summed E-state index contributed by atoms with van der Waals surface area (Å²) < 4.78 is 13.2. The molecule has 0 aliphatic carbocycles. The number of benzene rings is 2. The SMILES string of the molecule is Cc1nc(-c2ccccc2)sc1-c1ccc(SCC(=O)Nc2cccc(F)c2)nn1. The van der Waals surface area contributed by atoms with Gasteiger partial charge in [-0.25, -0.2) is 9.37 Å². The third-order valence-electron chi connectivity index (χ3n) is 4.15. The minimum absolute atomic E-state index is 0.155. The van der Waals surface area contributed by atoms with Crippen LogP contribution in [-0.4, -0.2) is 26.8 Å². The molecule has 0 aliphatic rings. The summed E-state index contributed by atoms with van der Waals surface area (Å²) in [4.78, 5) is 17.7. The lowest BCUT2D eigenvalue weighted by molar-refractivity contribution is -0.113. The number of carbonyl (C=O) groups is 1. The van der Waals surface area contributed by atoms with Gasteiger partial charge in [-0.3, -0.25) is 4.79 Å². The number of anilines is 1. The summed E-state index contributed by atoms with van der Waals surface area (Å²) in [6.45, 7) is 1.96. The molecule has 0 spiro atoms. The van der Waals surface area contributed by atoms with Gasteiger partial charge in [0.1, 0.15) is 21.5 Å². The lowest BCUT2D eigenvalue weighted by Crippen LogP contribution is -2.14. The van der Waals surface area contributed by atoms with Crippen LogP contribution >= 0.6 is 23.1 Å². The van der Waals surface area contributed by atoms with Crippen LogP contribution in [0.5, 0.6) is 0 Å². The van der Waals surface area contributed by atoms with Crippen LogP contribution in [0.4, 0.5) is 10.1 Å². The van der Waals surface area contributed by atoms with E-state index in [0.29, 0.717) is 10.7 Å². The van der Waals surface area contributed by atoms with Crippen LogP contribution in [0.25, 0.3) is 21.1 Å². The number of thioether (sulfide) groups is 1. The molecule has 0 bridgehead atoms. The highest BCUT2D eigenvalue weighted by Crippen LogP contribution is 2.34. The van der Waals surface area contributed by atoms with E-state index in [0.717, 1.165) is 26.8 Å². The Kier molecular flexibility index (Phi) is 6.15. The summed E-state index contributed by atoms with van der Waals surface area (Å²) >= 11 is 2.85. The van der Waals surface area contributed by atoms with E-state index in [1.165, 1.54) is 23.9 Å². The van der Waals surface area contributed by atoms with E-state index in [2.05, 4.69) is 20.5 Å². The van der Waals surface area contributed by atoms with Gasteiger partial charge >= 0.3 is 0 Å². The van der Waals surface area contributed by atoms with Gasteiger partial charge in [0, 0.05) is 11.3 Å². The van der Waals surface area contributed by atoms with Gasteiger partial charge in [-0.2, -0.15) is 0 Å². The number of rotatable bonds is 6. The quantitative estimate of drug-likeness (QED) is 0.407. The number of nitrogens with zero attached hydrogens (tertiary/aromatic N) is 3. The Balaban J connectivity index is 1.40. The molecule has 8 heteroatoms. The molecule has 4 rings (SSSR count). The average molecular weight is 437 g/mol. The number of halogens is 1. The molecular weight excluding hydrogens is 419 g/mol. The summed E-state index contributed by atoms with van der Waals surface area (Å²) in [6.07, 6.45) is 0. The summed E-state index contributed by atoms with van der Waals surface area (Å²) in [6, 6.07) is 19.5. The van der Waals surface area contributed by atoms with Crippen LogP contribution in [0, 0.1) is 12.7 Å². The van der Waals surface area contributed by atoms with Crippen LogP contribution < -0.4 is 5.32 Å². The summed E-state index contributed by atoms with van der Waals surface area (Å²) in [5, 5.41) is 12.8. The predicted molar refractivity (Wildman–Crippen MR) is 119 cm³/mol. The number of amides is 1. The fraction of sp³-hybridized carbons (Fsp3) is 0.0909. The molecule has 4 aromatic rings. The van der Waals surface area contributed by atoms with Crippen LogP contribution in [0.1, 0.15) is 5.69 Å². The predicted octanol–water partition coefficient (Wildman–Crippen LogP) is 5.45. The molecule has 0 fully saturated rings. The zero-order chi connectivity index (χ0) is 20.9. The van der Waals surface area contributed by atoms with Gasteiger partial charge in [-0.15, -0.1) is 21.5 Å². The fourth-order valence-electron chi connectivity index (χ4n) is 2.76. The van der Waals surface area contributed by atoms with E-state index in [1.54, 1.807) is 23.5 Å². The normalized spacial score (nSPS) is 10.7. The maximum atomic E-state index is 13.2. The Morgan fingerprint density at radius 3 is 2.63 bits per heavy atom. The fourth-order valence-corrected chi connectivity index (χ4v) is 4.41. The van der Waals surface area contributed by atoms with Crippen molar-refractivity contribution in [3.63, 3.8) is 0 Å². The van der Waals surface area contributed by atoms with Crippen molar-refractivity contribution in [2.45, 2.75) is 11.9 Å². The molecule has 0 radical (unpaired) electrons. The van der Waals surface area contributed by atoms with Crippen LogP contribution in [0.2, 0.25) is 0 Å². The average Bonchev–Trinajstić information content (AvgIpc) is 3.15. The number of hydrogen-bond acceptors (Lipinski definition) is 6. The molecule has 0 aliphatic heterocycles. The minimum Gasteiger partial charge on any atom is -0.325 e. The van der Waals surface area contributed by atoms with E-state index >= 15 is 0 Å². The Labute approximate surface area is 181 Å². The van der Waals surface area contributed by atoms with Gasteiger partial charge in [-0.1, -0.05) is 48.2 Å². The number of carbonyl (C=O) groups excluding carboxylic acids is 1. The van der Waals surface area contributed by atoms with Crippen molar-refractivity contribution in [1.29, 1.82) is 0 Å². The number of nitrogens with one attached hydrogen (secondary N) is 1. The molecule has 1 amide bonds. The van der Waals surface area contributed by atoms with Crippen LogP contribution in [0.15, 0.2) is 71.8 Å². The number of aryl methyl sites for hydroxylation is 1. The smallest absolute Gasteiger partial charge is 0.234 e. The first-order valence-electron chi connectivity index (χ1n) is 9.13. The van der Waals surface area contributed by atoms with Crippen LogP contribution in [0.3, 0.4) is 0 Å². The summed E-state index contributed by atoms with van der Waals surface area (Å²) in [5.41, 5.74) is 3.15. The van der Waals surface area contributed by atoms with Crippen molar-refractivity contribution < 1.29 is 9.18 Å². The number of aromatic nitrogens is 3. The maximum Gasteiger partial charge on any atom is 0.234 e. The molecule has 1 N–H and O–H groups in total. The third-order valence-corrected chi connectivity index (χ3v) is 6.30. The molecule has 150 valence electrons. The molecule has 30 heavy (non-hydrogen) atoms. The van der Waals surface area contributed by atoms with Gasteiger partial charge in [0.15, 0.2) is 0 Å². The molecule has 5 nitrogen and oxygen atoms in total. The first-order valence-corrected chi connectivity index (χ1v) is 10.9. The largest absolute Gasteiger partial charge is 0.325 e. The molecule has 0 saturated carbocycles. The Bertz CT molecular complexity index is 1160. The van der Waals surface area contributed by atoms with Crippen LogP contribution in [-0.2, 0) is 4.79 Å². The maximum absolute atomic E-state index is 13.2. The second-order valence-electron chi connectivity index (χ2n) is 6.40. The Hall–Kier alpha value is -3.10. The Morgan fingerprint density at radius 2 is 1.90 bits per heavy atom. The highest BCUT2D eigenvalue weighted by molar-refractivity contribution is 7.99. The van der Waals surface area contributed by atoms with E-state index in [-0.39, 0.29) is 11.7 Å². The molecule has 0 unspecified atom stereocenters. The van der Waals surface area contributed by atoms with Crippen molar-refractivity contribution in [1.82, 2.24) is 15.2 Å². The monoisotopic (exact) mass is 436 g/mol. The molecule has 2 aromatic carbocycles. The zero-order valence-corrected chi connectivity index (χ0v) is 17.6.